The molecule has 1 fully saturated rings. The SMILES string of the molecule is COc1cc2nccc(NCc3cccc(C(F)F)c3F)c2cc1C1(N)CN(C(C)=O)C1. The third kappa shape index (κ3) is 3.84. The van der Waals surface area contributed by atoms with Gasteiger partial charge in [-0.3, -0.25) is 9.78 Å². The molecule has 9 heteroatoms. The summed E-state index contributed by atoms with van der Waals surface area (Å²) in [6, 6.07) is 9.29. The minimum atomic E-state index is -2.88. The zero-order valence-electron chi connectivity index (χ0n) is 17.7. The van der Waals surface area contributed by atoms with E-state index in [2.05, 4.69) is 10.3 Å². The van der Waals surface area contributed by atoms with Gasteiger partial charge in [-0.25, -0.2) is 13.2 Å². The number of fused-ring (bicyclic) bond motifs is 1. The number of nitrogens with two attached hydrogens (primary N) is 1. The van der Waals surface area contributed by atoms with Crippen molar-refractivity contribution in [1.29, 1.82) is 0 Å². The predicted octanol–water partition coefficient (Wildman–Crippen LogP) is 3.95. The monoisotopic (exact) mass is 444 g/mol. The molecule has 0 radical (unpaired) electrons. The first kappa shape index (κ1) is 21.9. The van der Waals surface area contributed by atoms with Crippen LogP contribution < -0.4 is 15.8 Å². The highest BCUT2D eigenvalue weighted by molar-refractivity contribution is 5.93. The lowest BCUT2D eigenvalue weighted by Crippen LogP contribution is -2.65. The molecule has 1 aliphatic rings. The van der Waals surface area contributed by atoms with Gasteiger partial charge in [0.2, 0.25) is 5.91 Å². The summed E-state index contributed by atoms with van der Waals surface area (Å²) < 4.78 is 46.0. The lowest BCUT2D eigenvalue weighted by molar-refractivity contribution is -0.136. The molecule has 0 atom stereocenters. The number of amides is 1. The third-order valence-electron chi connectivity index (χ3n) is 5.80. The van der Waals surface area contributed by atoms with E-state index < -0.39 is 23.3 Å². The van der Waals surface area contributed by atoms with Crippen LogP contribution in [-0.4, -0.2) is 36.0 Å². The molecule has 0 spiro atoms. The largest absolute Gasteiger partial charge is 0.496 e. The molecule has 0 unspecified atom stereocenters. The van der Waals surface area contributed by atoms with E-state index in [1.54, 1.807) is 23.2 Å². The molecule has 168 valence electrons. The van der Waals surface area contributed by atoms with Crippen molar-refractivity contribution in [2.45, 2.75) is 25.4 Å². The number of likely N-dealkylation sites (tertiary alicyclic amines) is 1. The summed E-state index contributed by atoms with van der Waals surface area (Å²) in [4.78, 5) is 17.6. The Kier molecular flexibility index (Phi) is 5.68. The van der Waals surface area contributed by atoms with Crippen molar-refractivity contribution in [3.63, 3.8) is 0 Å². The maximum Gasteiger partial charge on any atom is 0.266 e. The number of halogens is 3. The number of carbonyl (C=O) groups is 1. The van der Waals surface area contributed by atoms with Gasteiger partial charge in [0.1, 0.15) is 11.6 Å². The lowest BCUT2D eigenvalue weighted by Gasteiger charge is -2.48. The molecule has 2 heterocycles. The van der Waals surface area contributed by atoms with Gasteiger partial charge in [0.25, 0.3) is 6.43 Å². The number of hydrogen-bond acceptors (Lipinski definition) is 5. The third-order valence-corrected chi connectivity index (χ3v) is 5.80. The Balaban J connectivity index is 1.68. The van der Waals surface area contributed by atoms with Crippen LogP contribution >= 0.6 is 0 Å². The summed E-state index contributed by atoms with van der Waals surface area (Å²) in [6.07, 6.45) is -1.29. The van der Waals surface area contributed by atoms with E-state index in [-0.39, 0.29) is 18.0 Å². The predicted molar refractivity (Wildman–Crippen MR) is 115 cm³/mol. The summed E-state index contributed by atoms with van der Waals surface area (Å²) in [7, 11) is 1.54. The first-order valence-electron chi connectivity index (χ1n) is 10.0. The second kappa shape index (κ2) is 8.31. The molecule has 1 saturated heterocycles. The number of nitrogens with one attached hydrogen (secondary N) is 1. The first-order chi connectivity index (χ1) is 15.2. The quantitative estimate of drug-likeness (QED) is 0.602. The molecule has 1 aliphatic heterocycles. The van der Waals surface area contributed by atoms with Crippen LogP contribution in [0.2, 0.25) is 0 Å². The molecule has 0 saturated carbocycles. The average Bonchev–Trinajstić information content (AvgIpc) is 2.74. The van der Waals surface area contributed by atoms with Crippen LogP contribution in [0.3, 0.4) is 0 Å². The van der Waals surface area contributed by atoms with Crippen LogP contribution in [0, 0.1) is 5.82 Å². The smallest absolute Gasteiger partial charge is 0.266 e. The molecule has 3 aromatic rings. The minimum Gasteiger partial charge on any atom is -0.496 e. The van der Waals surface area contributed by atoms with Crippen molar-refractivity contribution in [1.82, 2.24) is 9.88 Å². The van der Waals surface area contributed by atoms with Crippen LogP contribution in [0.5, 0.6) is 5.75 Å². The fourth-order valence-electron chi connectivity index (χ4n) is 4.01. The molecule has 1 amide bonds. The molecule has 32 heavy (non-hydrogen) atoms. The second-order valence-electron chi connectivity index (χ2n) is 7.93. The highest BCUT2D eigenvalue weighted by atomic mass is 19.3. The van der Waals surface area contributed by atoms with Gasteiger partial charge in [0, 0.05) is 61.0 Å². The molecule has 6 nitrogen and oxygen atoms in total. The lowest BCUT2D eigenvalue weighted by atomic mass is 9.82. The summed E-state index contributed by atoms with van der Waals surface area (Å²) >= 11 is 0. The summed E-state index contributed by atoms with van der Waals surface area (Å²) in [6.45, 7) is 2.22. The molecule has 0 bridgehead atoms. The molecular weight excluding hydrogens is 421 g/mol. The molecule has 3 N–H and O–H groups in total. The number of alkyl halides is 2. The van der Waals surface area contributed by atoms with E-state index in [9.17, 15) is 18.0 Å². The van der Waals surface area contributed by atoms with Crippen molar-refractivity contribution >= 4 is 22.5 Å². The summed E-state index contributed by atoms with van der Waals surface area (Å²) in [5.41, 5.74) is 7.31. The van der Waals surface area contributed by atoms with Crippen LogP contribution in [0.15, 0.2) is 42.6 Å². The van der Waals surface area contributed by atoms with Gasteiger partial charge in [0.15, 0.2) is 0 Å². The number of pyridine rings is 1. The number of nitrogens with zero attached hydrogens (tertiary/aromatic N) is 2. The standard InChI is InChI=1S/C23H23F3N4O2/c1-13(31)30-11-23(27,12-30)17-8-16-18(6-7-28-19(16)9-20(17)32-2)29-10-14-4-3-5-15(21(14)24)22(25)26/h3-9,22H,10-12,27H2,1-2H3,(H,28,29). The average molecular weight is 444 g/mol. The van der Waals surface area contributed by atoms with Crippen molar-refractivity contribution in [2.75, 3.05) is 25.5 Å². The van der Waals surface area contributed by atoms with Crippen LogP contribution in [-0.2, 0) is 16.9 Å². The van der Waals surface area contributed by atoms with E-state index in [1.165, 1.54) is 26.2 Å². The fourth-order valence-corrected chi connectivity index (χ4v) is 4.01. The Morgan fingerprint density at radius 2 is 2.06 bits per heavy atom. The fraction of sp³-hybridized carbons (Fsp3) is 0.304. The number of carbonyl (C=O) groups excluding carboxylic acids is 1. The van der Waals surface area contributed by atoms with Crippen LogP contribution in [0.1, 0.15) is 30.0 Å². The van der Waals surface area contributed by atoms with E-state index >= 15 is 0 Å². The number of rotatable bonds is 6. The highest BCUT2D eigenvalue weighted by Gasteiger charge is 2.44. The zero-order valence-corrected chi connectivity index (χ0v) is 17.7. The number of anilines is 1. The number of hydrogen-bond donors (Lipinski definition) is 2. The van der Waals surface area contributed by atoms with E-state index in [1.807, 2.05) is 6.07 Å². The Morgan fingerprint density at radius 3 is 2.72 bits per heavy atom. The van der Waals surface area contributed by atoms with E-state index in [4.69, 9.17) is 10.5 Å². The Morgan fingerprint density at radius 1 is 1.31 bits per heavy atom. The molecule has 0 aliphatic carbocycles. The maximum absolute atomic E-state index is 14.4. The molecular formula is C23H23F3N4O2. The number of aromatic nitrogens is 1. The minimum absolute atomic E-state index is 0.0127. The first-order valence-corrected chi connectivity index (χ1v) is 10.0. The molecule has 2 aromatic carbocycles. The van der Waals surface area contributed by atoms with E-state index in [0.29, 0.717) is 30.0 Å². The van der Waals surface area contributed by atoms with E-state index in [0.717, 1.165) is 17.0 Å². The number of benzene rings is 2. The van der Waals surface area contributed by atoms with Gasteiger partial charge < -0.3 is 20.7 Å². The van der Waals surface area contributed by atoms with Crippen molar-refractivity contribution < 1.29 is 22.7 Å². The molecule has 4 rings (SSSR count). The highest BCUT2D eigenvalue weighted by Crippen LogP contribution is 2.39. The molecule has 1 aromatic heterocycles. The van der Waals surface area contributed by atoms with Gasteiger partial charge in [-0.05, 0) is 12.1 Å². The van der Waals surface area contributed by atoms with Crippen molar-refractivity contribution in [2.24, 2.45) is 5.73 Å². The van der Waals surface area contributed by atoms with Gasteiger partial charge in [-0.15, -0.1) is 0 Å². The summed E-state index contributed by atoms with van der Waals surface area (Å²) in [5.74, 6) is -0.415. The topological polar surface area (TPSA) is 80.5 Å². The Labute approximate surface area is 183 Å². The zero-order chi connectivity index (χ0) is 23.0. The van der Waals surface area contributed by atoms with Crippen LogP contribution in [0.4, 0.5) is 18.9 Å². The van der Waals surface area contributed by atoms with Gasteiger partial charge >= 0.3 is 0 Å². The normalized spacial score (nSPS) is 15.0. The Bertz CT molecular complexity index is 1180. The summed E-state index contributed by atoms with van der Waals surface area (Å²) in [5, 5.41) is 3.84. The Hall–Kier alpha value is -3.33. The van der Waals surface area contributed by atoms with Gasteiger partial charge in [-0.2, -0.15) is 0 Å². The van der Waals surface area contributed by atoms with Crippen molar-refractivity contribution in [3.8, 4) is 5.75 Å². The van der Waals surface area contributed by atoms with Gasteiger partial charge in [0.05, 0.1) is 23.7 Å². The maximum atomic E-state index is 14.4. The number of ether oxygens (including phenoxy) is 1. The van der Waals surface area contributed by atoms with Crippen LogP contribution in [0.25, 0.3) is 10.9 Å². The number of methoxy groups -OCH3 is 1. The van der Waals surface area contributed by atoms with Gasteiger partial charge in [-0.1, -0.05) is 18.2 Å². The second-order valence-corrected chi connectivity index (χ2v) is 7.93. The van der Waals surface area contributed by atoms with Crippen molar-refractivity contribution in [3.05, 3.63) is 65.1 Å².